The highest BCUT2D eigenvalue weighted by Gasteiger charge is 2.08. The molecule has 3 aromatic rings. The lowest BCUT2D eigenvalue weighted by molar-refractivity contribution is -0.141. The predicted octanol–water partition coefficient (Wildman–Crippen LogP) is 4.14. The molecule has 0 atom stereocenters. The molecule has 1 heterocycles. The first-order valence-electron chi connectivity index (χ1n) is 7.01. The van der Waals surface area contributed by atoms with Crippen molar-refractivity contribution in [2.75, 3.05) is 12.9 Å². The van der Waals surface area contributed by atoms with Crippen LogP contribution in [-0.4, -0.2) is 23.8 Å². The number of hydrogen-bond acceptors (Lipinski definition) is 6. The number of carbonyl (C=O) groups excluding carboxylic acids is 1. The third-order valence-electron chi connectivity index (χ3n) is 3.11. The number of ether oxygens (including phenoxy) is 2. The zero-order valence-corrected chi connectivity index (χ0v) is 14.2. The van der Waals surface area contributed by atoms with Gasteiger partial charge in [-0.3, -0.25) is 4.79 Å². The van der Waals surface area contributed by atoms with E-state index in [-0.39, 0.29) is 18.3 Å². The number of thiazole rings is 1. The highest BCUT2D eigenvalue weighted by atomic mass is 32.2. The fraction of sp³-hybridized carbons (Fsp3) is 0.176. The molecule has 0 fully saturated rings. The van der Waals surface area contributed by atoms with Crippen LogP contribution in [0, 0.1) is 0 Å². The minimum atomic E-state index is -0.245. The lowest BCUT2D eigenvalue weighted by Crippen LogP contribution is -2.07. The van der Waals surface area contributed by atoms with Crippen molar-refractivity contribution < 1.29 is 14.3 Å². The Morgan fingerprint density at radius 3 is 2.70 bits per heavy atom. The number of methoxy groups -OCH3 is 1. The molecule has 0 unspecified atom stereocenters. The molecule has 0 aliphatic carbocycles. The Hall–Kier alpha value is -2.05. The first-order chi connectivity index (χ1) is 11.2. The van der Waals surface area contributed by atoms with Crippen LogP contribution >= 0.6 is 23.1 Å². The summed E-state index contributed by atoms with van der Waals surface area (Å²) in [6.07, 6.45) is 0. The van der Waals surface area contributed by atoms with Gasteiger partial charge in [-0.15, -0.1) is 23.1 Å². The number of aromatic nitrogens is 1. The molecule has 0 aliphatic rings. The van der Waals surface area contributed by atoms with E-state index in [9.17, 15) is 4.79 Å². The molecule has 0 bridgehead atoms. The van der Waals surface area contributed by atoms with Crippen molar-refractivity contribution in [1.29, 1.82) is 0 Å². The summed E-state index contributed by atoms with van der Waals surface area (Å²) in [4.78, 5) is 17.3. The van der Waals surface area contributed by atoms with Gasteiger partial charge in [-0.2, -0.15) is 0 Å². The number of para-hydroxylation sites is 1. The van der Waals surface area contributed by atoms with Crippen LogP contribution in [-0.2, 0) is 16.1 Å². The van der Waals surface area contributed by atoms with Gasteiger partial charge in [0, 0.05) is 4.90 Å². The molecule has 1 aromatic heterocycles. The minimum Gasteiger partial charge on any atom is -0.497 e. The molecule has 0 saturated heterocycles. The van der Waals surface area contributed by atoms with Gasteiger partial charge in [0.05, 0.1) is 23.1 Å². The molecular weight excluding hydrogens is 330 g/mol. The van der Waals surface area contributed by atoms with Gasteiger partial charge >= 0.3 is 5.97 Å². The first-order valence-corrected chi connectivity index (χ1v) is 8.82. The van der Waals surface area contributed by atoms with Gasteiger partial charge in [0.2, 0.25) is 0 Å². The van der Waals surface area contributed by atoms with Gasteiger partial charge in [0.25, 0.3) is 0 Å². The van der Waals surface area contributed by atoms with E-state index >= 15 is 0 Å². The molecule has 6 heteroatoms. The molecule has 4 nitrogen and oxygen atoms in total. The Labute approximate surface area is 142 Å². The van der Waals surface area contributed by atoms with Gasteiger partial charge in [-0.1, -0.05) is 12.1 Å². The van der Waals surface area contributed by atoms with Crippen molar-refractivity contribution >= 4 is 39.3 Å². The van der Waals surface area contributed by atoms with Crippen LogP contribution in [0.4, 0.5) is 0 Å². The molecule has 0 amide bonds. The van der Waals surface area contributed by atoms with Crippen LogP contribution in [0.1, 0.15) is 5.01 Å². The summed E-state index contributed by atoms with van der Waals surface area (Å²) in [5, 5.41) is 0.814. The number of hydrogen-bond donors (Lipinski definition) is 0. The molecule has 0 aliphatic heterocycles. The summed E-state index contributed by atoms with van der Waals surface area (Å²) in [6.45, 7) is 0.224. The molecule has 0 spiro atoms. The number of esters is 1. The van der Waals surface area contributed by atoms with Crippen molar-refractivity contribution in [3.8, 4) is 5.75 Å². The van der Waals surface area contributed by atoms with Crippen LogP contribution < -0.4 is 4.74 Å². The zero-order valence-electron chi connectivity index (χ0n) is 12.5. The number of nitrogens with zero attached hydrogens (tertiary/aromatic N) is 1. The maximum Gasteiger partial charge on any atom is 0.316 e. The fourth-order valence-corrected chi connectivity index (χ4v) is 3.56. The highest BCUT2D eigenvalue weighted by Crippen LogP contribution is 2.23. The van der Waals surface area contributed by atoms with Gasteiger partial charge in [0.15, 0.2) is 0 Å². The molecule has 3 rings (SSSR count). The summed E-state index contributed by atoms with van der Waals surface area (Å²) in [7, 11) is 1.63. The lowest BCUT2D eigenvalue weighted by atomic mass is 10.3. The molecule has 0 N–H and O–H groups in total. The van der Waals surface area contributed by atoms with Crippen LogP contribution in [0.2, 0.25) is 0 Å². The topological polar surface area (TPSA) is 48.4 Å². The quantitative estimate of drug-likeness (QED) is 0.496. The molecule has 118 valence electrons. The Morgan fingerprint density at radius 2 is 1.96 bits per heavy atom. The summed E-state index contributed by atoms with van der Waals surface area (Å²) in [5.41, 5.74) is 0.941. The molecule has 0 saturated carbocycles. The smallest absolute Gasteiger partial charge is 0.316 e. The average Bonchev–Trinajstić information content (AvgIpc) is 3.01. The summed E-state index contributed by atoms with van der Waals surface area (Å²) < 4.78 is 11.5. The van der Waals surface area contributed by atoms with E-state index in [0.29, 0.717) is 0 Å². The van der Waals surface area contributed by atoms with Crippen LogP contribution in [0.3, 0.4) is 0 Å². The molecule has 23 heavy (non-hydrogen) atoms. The normalized spacial score (nSPS) is 10.7. The van der Waals surface area contributed by atoms with Gasteiger partial charge in [-0.25, -0.2) is 4.98 Å². The second kappa shape index (κ2) is 7.48. The van der Waals surface area contributed by atoms with Gasteiger partial charge in [0.1, 0.15) is 17.4 Å². The largest absolute Gasteiger partial charge is 0.497 e. The number of carbonyl (C=O) groups is 1. The first kappa shape index (κ1) is 15.8. The van der Waals surface area contributed by atoms with E-state index in [2.05, 4.69) is 4.98 Å². The fourth-order valence-electron chi connectivity index (χ4n) is 1.98. The second-order valence-corrected chi connectivity index (χ2v) is 6.86. The number of benzene rings is 2. The number of rotatable bonds is 6. The Kier molecular flexibility index (Phi) is 5.15. The van der Waals surface area contributed by atoms with E-state index in [1.165, 1.54) is 11.8 Å². The monoisotopic (exact) mass is 345 g/mol. The van der Waals surface area contributed by atoms with Crippen LogP contribution in [0.5, 0.6) is 5.75 Å². The van der Waals surface area contributed by atoms with Crippen LogP contribution in [0.25, 0.3) is 10.2 Å². The van der Waals surface area contributed by atoms with Crippen molar-refractivity contribution in [2.45, 2.75) is 11.5 Å². The Morgan fingerprint density at radius 1 is 1.17 bits per heavy atom. The number of fused-ring (bicyclic) bond motifs is 1. The molecular formula is C17H15NO3S2. The standard InChI is InChI=1S/C17H15NO3S2/c1-20-12-6-8-13(9-7-12)22-11-17(19)21-10-16-18-14-4-2-3-5-15(14)23-16/h2-9H,10-11H2,1H3. The molecule has 2 aromatic carbocycles. The summed E-state index contributed by atoms with van der Waals surface area (Å²) in [5.74, 6) is 0.829. The predicted molar refractivity (Wildman–Crippen MR) is 93.1 cm³/mol. The van der Waals surface area contributed by atoms with E-state index in [1.54, 1.807) is 18.4 Å². The van der Waals surface area contributed by atoms with Crippen molar-refractivity contribution in [1.82, 2.24) is 4.98 Å². The minimum absolute atomic E-state index is 0.224. The zero-order chi connectivity index (χ0) is 16.1. The lowest BCUT2D eigenvalue weighted by Gasteiger charge is -2.04. The average molecular weight is 345 g/mol. The third kappa shape index (κ3) is 4.24. The third-order valence-corrected chi connectivity index (χ3v) is 5.11. The van der Waals surface area contributed by atoms with Crippen molar-refractivity contribution in [3.63, 3.8) is 0 Å². The second-order valence-electron chi connectivity index (χ2n) is 4.70. The van der Waals surface area contributed by atoms with E-state index in [1.807, 2.05) is 48.5 Å². The van der Waals surface area contributed by atoms with Crippen LogP contribution in [0.15, 0.2) is 53.4 Å². The van der Waals surface area contributed by atoms with Crippen molar-refractivity contribution in [3.05, 3.63) is 53.5 Å². The maximum atomic E-state index is 11.8. The summed E-state index contributed by atoms with van der Waals surface area (Å²) >= 11 is 2.99. The van der Waals surface area contributed by atoms with E-state index < -0.39 is 0 Å². The SMILES string of the molecule is COc1ccc(SCC(=O)OCc2nc3ccccc3s2)cc1. The van der Waals surface area contributed by atoms with Gasteiger partial charge < -0.3 is 9.47 Å². The van der Waals surface area contributed by atoms with Crippen molar-refractivity contribution in [2.24, 2.45) is 0 Å². The number of thioether (sulfide) groups is 1. The highest BCUT2D eigenvalue weighted by molar-refractivity contribution is 8.00. The maximum absolute atomic E-state index is 11.8. The summed E-state index contributed by atoms with van der Waals surface area (Å²) in [6, 6.07) is 15.5. The van der Waals surface area contributed by atoms with E-state index in [4.69, 9.17) is 9.47 Å². The Bertz CT molecular complexity index is 766. The molecule has 0 radical (unpaired) electrons. The van der Waals surface area contributed by atoms with E-state index in [0.717, 1.165) is 25.9 Å². The Balaban J connectivity index is 1.49. The van der Waals surface area contributed by atoms with Gasteiger partial charge in [-0.05, 0) is 36.4 Å².